The zero-order valence-corrected chi connectivity index (χ0v) is 11.6. The van der Waals surface area contributed by atoms with Crippen molar-refractivity contribution in [2.75, 3.05) is 19.8 Å². The second kappa shape index (κ2) is 6.37. The van der Waals surface area contributed by atoms with Crippen LogP contribution < -0.4 is 0 Å². The second-order valence-electron chi connectivity index (χ2n) is 5.47. The number of carboxylic acids is 1. The summed E-state index contributed by atoms with van der Waals surface area (Å²) in [5.41, 5.74) is 0. The monoisotopic (exact) mass is 283 g/mol. The van der Waals surface area contributed by atoms with E-state index in [0.29, 0.717) is 26.0 Å². The zero-order valence-electron chi connectivity index (χ0n) is 11.6. The quantitative estimate of drug-likeness (QED) is 0.726. The molecule has 1 amide bonds. The Labute approximate surface area is 118 Å². The fourth-order valence-electron chi connectivity index (χ4n) is 2.81. The lowest BCUT2D eigenvalue weighted by molar-refractivity contribution is -0.158. The third-order valence-corrected chi connectivity index (χ3v) is 4.06. The molecule has 4 atom stereocenters. The van der Waals surface area contributed by atoms with Crippen molar-refractivity contribution in [3.8, 4) is 0 Å². The van der Waals surface area contributed by atoms with Crippen molar-refractivity contribution in [2.24, 2.45) is 11.8 Å². The predicted molar refractivity (Wildman–Crippen MR) is 71.0 cm³/mol. The van der Waals surface area contributed by atoms with E-state index < -0.39 is 17.8 Å². The van der Waals surface area contributed by atoms with E-state index in [2.05, 4.69) is 0 Å². The van der Waals surface area contributed by atoms with Crippen LogP contribution >= 0.6 is 0 Å². The number of rotatable bonds is 3. The van der Waals surface area contributed by atoms with Crippen molar-refractivity contribution in [1.82, 2.24) is 4.90 Å². The maximum Gasteiger partial charge on any atom is 0.307 e. The molecule has 6 nitrogen and oxygen atoms in total. The van der Waals surface area contributed by atoms with E-state index in [9.17, 15) is 14.7 Å². The smallest absolute Gasteiger partial charge is 0.307 e. The van der Waals surface area contributed by atoms with Gasteiger partial charge in [-0.25, -0.2) is 0 Å². The van der Waals surface area contributed by atoms with Crippen LogP contribution in [0, 0.1) is 11.8 Å². The van der Waals surface area contributed by atoms with E-state index in [1.807, 2.05) is 19.1 Å². The van der Waals surface area contributed by atoms with Crippen LogP contribution in [0.4, 0.5) is 0 Å². The van der Waals surface area contributed by atoms with Gasteiger partial charge in [-0.3, -0.25) is 9.59 Å². The minimum Gasteiger partial charge on any atom is -0.481 e. The van der Waals surface area contributed by atoms with Gasteiger partial charge in [0.05, 0.1) is 37.2 Å². The Kier molecular flexibility index (Phi) is 4.77. The summed E-state index contributed by atoms with van der Waals surface area (Å²) in [6, 6.07) is -0.0920. The number of nitrogens with zero attached hydrogens (tertiary/aromatic N) is 1. The van der Waals surface area contributed by atoms with E-state index >= 15 is 0 Å². The van der Waals surface area contributed by atoms with Gasteiger partial charge in [-0.2, -0.15) is 0 Å². The summed E-state index contributed by atoms with van der Waals surface area (Å²) in [7, 11) is 0. The number of amides is 1. The molecule has 2 unspecified atom stereocenters. The van der Waals surface area contributed by atoms with Crippen molar-refractivity contribution in [2.45, 2.75) is 31.9 Å². The number of carbonyl (C=O) groups is 2. The highest BCUT2D eigenvalue weighted by molar-refractivity contribution is 5.85. The Morgan fingerprint density at radius 2 is 1.95 bits per heavy atom. The first-order valence-corrected chi connectivity index (χ1v) is 6.95. The van der Waals surface area contributed by atoms with Crippen LogP contribution in [-0.2, 0) is 14.3 Å². The minimum absolute atomic E-state index is 0.0920. The highest BCUT2D eigenvalue weighted by Crippen LogP contribution is 2.29. The van der Waals surface area contributed by atoms with Gasteiger partial charge < -0.3 is 19.8 Å². The van der Waals surface area contributed by atoms with Crippen molar-refractivity contribution in [3.63, 3.8) is 0 Å². The molecule has 1 aliphatic heterocycles. The summed E-state index contributed by atoms with van der Waals surface area (Å²) < 4.78 is 5.41. The molecular formula is C14H21NO5. The Balaban J connectivity index is 2.12. The lowest BCUT2D eigenvalue weighted by atomic mass is 9.81. The van der Waals surface area contributed by atoms with E-state index in [1.54, 1.807) is 4.90 Å². The van der Waals surface area contributed by atoms with Crippen LogP contribution in [0.1, 0.15) is 19.8 Å². The number of ether oxygens (including phenoxy) is 1. The van der Waals surface area contributed by atoms with Crippen molar-refractivity contribution in [3.05, 3.63) is 12.2 Å². The summed E-state index contributed by atoms with van der Waals surface area (Å²) >= 11 is 0. The molecule has 0 aromatic heterocycles. The van der Waals surface area contributed by atoms with Gasteiger partial charge in [-0.1, -0.05) is 12.2 Å². The topological polar surface area (TPSA) is 87.1 Å². The number of morpholine rings is 1. The van der Waals surface area contributed by atoms with Gasteiger partial charge in [-0.05, 0) is 19.8 Å². The maximum absolute atomic E-state index is 12.6. The van der Waals surface area contributed by atoms with Crippen LogP contribution in [0.2, 0.25) is 0 Å². The summed E-state index contributed by atoms with van der Waals surface area (Å²) in [6.45, 7) is 2.43. The Bertz CT molecular complexity index is 408. The number of hydrogen-bond donors (Lipinski definition) is 2. The number of aliphatic carboxylic acids is 1. The molecule has 1 fully saturated rings. The highest BCUT2D eigenvalue weighted by atomic mass is 16.5. The van der Waals surface area contributed by atoms with Gasteiger partial charge >= 0.3 is 5.97 Å². The van der Waals surface area contributed by atoms with E-state index in [-0.39, 0.29) is 24.7 Å². The summed E-state index contributed by atoms with van der Waals surface area (Å²) in [5, 5.41) is 18.4. The van der Waals surface area contributed by atoms with E-state index in [0.717, 1.165) is 0 Å². The zero-order chi connectivity index (χ0) is 14.7. The first kappa shape index (κ1) is 15.0. The molecule has 1 saturated heterocycles. The van der Waals surface area contributed by atoms with Crippen LogP contribution in [-0.4, -0.2) is 58.9 Å². The standard InChI is InChI=1S/C14H21NO5/c1-9-8-20-10(7-16)6-15(9)13(17)11-4-2-3-5-12(11)14(18)19/h2-3,9-12,16H,4-8H2,1H3,(H,18,19)/t9?,10?,11-,12+/m1/s1. The molecule has 2 rings (SSSR count). The summed E-state index contributed by atoms with van der Waals surface area (Å²) in [5.74, 6) is -2.24. The third kappa shape index (κ3) is 3.02. The Morgan fingerprint density at radius 3 is 2.55 bits per heavy atom. The molecule has 20 heavy (non-hydrogen) atoms. The highest BCUT2D eigenvalue weighted by Gasteiger charge is 2.39. The normalized spacial score (nSPS) is 34.0. The first-order chi connectivity index (χ1) is 9.54. The van der Waals surface area contributed by atoms with Crippen molar-refractivity contribution < 1.29 is 24.5 Å². The number of carbonyl (C=O) groups excluding carboxylic acids is 1. The molecule has 1 aliphatic carbocycles. The van der Waals surface area contributed by atoms with E-state index in [1.165, 1.54) is 0 Å². The SMILES string of the molecule is CC1COC(CO)CN1C(=O)[C@@H]1CC=CC[C@@H]1C(=O)O. The van der Waals surface area contributed by atoms with Crippen LogP contribution in [0.15, 0.2) is 12.2 Å². The number of aliphatic hydroxyl groups excluding tert-OH is 1. The first-order valence-electron chi connectivity index (χ1n) is 6.95. The number of aliphatic hydroxyl groups is 1. The molecular weight excluding hydrogens is 262 g/mol. The third-order valence-electron chi connectivity index (χ3n) is 4.06. The fourth-order valence-corrected chi connectivity index (χ4v) is 2.81. The molecule has 112 valence electrons. The average Bonchev–Trinajstić information content (AvgIpc) is 2.47. The second-order valence-corrected chi connectivity index (χ2v) is 5.47. The fraction of sp³-hybridized carbons (Fsp3) is 0.714. The molecule has 0 spiro atoms. The Hall–Kier alpha value is -1.40. The molecule has 0 bridgehead atoms. The van der Waals surface area contributed by atoms with Crippen LogP contribution in [0.5, 0.6) is 0 Å². The molecule has 6 heteroatoms. The molecule has 1 heterocycles. The lowest BCUT2D eigenvalue weighted by Crippen LogP contribution is -2.55. The summed E-state index contributed by atoms with van der Waals surface area (Å²) in [4.78, 5) is 25.6. The molecule has 0 radical (unpaired) electrons. The lowest BCUT2D eigenvalue weighted by Gasteiger charge is -2.40. The minimum atomic E-state index is -0.924. The number of carboxylic acid groups (broad SMARTS) is 1. The maximum atomic E-state index is 12.6. The van der Waals surface area contributed by atoms with Crippen molar-refractivity contribution in [1.29, 1.82) is 0 Å². The Morgan fingerprint density at radius 1 is 1.30 bits per heavy atom. The van der Waals surface area contributed by atoms with Crippen molar-refractivity contribution >= 4 is 11.9 Å². The largest absolute Gasteiger partial charge is 0.481 e. The van der Waals surface area contributed by atoms with Gasteiger partial charge in [0.2, 0.25) is 5.91 Å². The van der Waals surface area contributed by atoms with Gasteiger partial charge in [0, 0.05) is 6.54 Å². The summed E-state index contributed by atoms with van der Waals surface area (Å²) in [6.07, 6.45) is 4.17. The molecule has 2 N–H and O–H groups in total. The average molecular weight is 283 g/mol. The van der Waals surface area contributed by atoms with Crippen LogP contribution in [0.3, 0.4) is 0 Å². The molecule has 2 aliphatic rings. The van der Waals surface area contributed by atoms with Gasteiger partial charge in [-0.15, -0.1) is 0 Å². The number of allylic oxidation sites excluding steroid dienone is 2. The van der Waals surface area contributed by atoms with Gasteiger partial charge in [0.1, 0.15) is 0 Å². The van der Waals surface area contributed by atoms with Crippen LogP contribution in [0.25, 0.3) is 0 Å². The predicted octanol–water partition coefficient (Wildman–Crippen LogP) is 0.262. The van der Waals surface area contributed by atoms with Gasteiger partial charge in [0.15, 0.2) is 0 Å². The van der Waals surface area contributed by atoms with Gasteiger partial charge in [0.25, 0.3) is 0 Å². The molecule has 0 aromatic carbocycles. The molecule has 0 aromatic rings. The van der Waals surface area contributed by atoms with E-state index in [4.69, 9.17) is 9.84 Å². The number of hydrogen-bond acceptors (Lipinski definition) is 4. The molecule has 0 saturated carbocycles.